The first-order valence-corrected chi connectivity index (χ1v) is 8.72. The smallest absolute Gasteiger partial charge is 0.305 e. The van der Waals surface area contributed by atoms with Gasteiger partial charge in [0.1, 0.15) is 10.7 Å². The van der Waals surface area contributed by atoms with Crippen LogP contribution in [0.1, 0.15) is 22.7 Å². The van der Waals surface area contributed by atoms with Crippen LogP contribution in [-0.2, 0) is 19.6 Å². The molecule has 2 rings (SSSR count). The molecule has 0 bridgehead atoms. The van der Waals surface area contributed by atoms with Gasteiger partial charge in [-0.2, -0.15) is 0 Å². The zero-order valence-corrected chi connectivity index (χ0v) is 14.5. The topological polar surface area (TPSA) is 117 Å². The predicted molar refractivity (Wildman–Crippen MR) is 82.2 cm³/mol. The normalized spacial score (nSPS) is 18.8. The van der Waals surface area contributed by atoms with Crippen LogP contribution >= 0.6 is 0 Å². The Morgan fingerprint density at radius 3 is 2.67 bits per heavy atom. The number of carbonyl (C=O) groups is 2. The van der Waals surface area contributed by atoms with Crippen molar-refractivity contribution in [1.29, 1.82) is 0 Å². The zero-order valence-electron chi connectivity index (χ0n) is 13.7. The molecule has 1 aromatic heterocycles. The summed E-state index contributed by atoms with van der Waals surface area (Å²) in [6.07, 6.45) is -0.256. The fourth-order valence-corrected chi connectivity index (χ4v) is 3.51. The van der Waals surface area contributed by atoms with Gasteiger partial charge in [-0.05, 0) is 6.92 Å². The van der Waals surface area contributed by atoms with Gasteiger partial charge in [0.2, 0.25) is 10.0 Å². The van der Waals surface area contributed by atoms with Crippen molar-refractivity contribution in [1.82, 2.24) is 9.21 Å². The van der Waals surface area contributed by atoms with E-state index in [9.17, 15) is 18.0 Å². The van der Waals surface area contributed by atoms with Gasteiger partial charge in [0, 0.05) is 26.7 Å². The van der Waals surface area contributed by atoms with Crippen molar-refractivity contribution in [3.8, 4) is 0 Å². The van der Waals surface area contributed by atoms with Crippen LogP contribution in [0.4, 0.5) is 0 Å². The number of amides is 1. The van der Waals surface area contributed by atoms with Gasteiger partial charge in [-0.1, -0.05) is 0 Å². The molecule has 1 aliphatic rings. The van der Waals surface area contributed by atoms with Crippen LogP contribution in [0.15, 0.2) is 15.4 Å². The van der Waals surface area contributed by atoms with Crippen molar-refractivity contribution < 1.29 is 32.3 Å². The Morgan fingerprint density at radius 2 is 2.08 bits per heavy atom. The van der Waals surface area contributed by atoms with E-state index in [1.54, 1.807) is 0 Å². The van der Waals surface area contributed by atoms with Crippen LogP contribution in [0.5, 0.6) is 0 Å². The third-order valence-electron chi connectivity index (χ3n) is 3.74. The van der Waals surface area contributed by atoms with Gasteiger partial charge >= 0.3 is 5.97 Å². The minimum absolute atomic E-state index is 0.0844. The first-order valence-electron chi connectivity index (χ1n) is 7.28. The van der Waals surface area contributed by atoms with Gasteiger partial charge in [-0.3, -0.25) is 9.59 Å². The van der Waals surface area contributed by atoms with Crippen LogP contribution in [0, 0.1) is 6.92 Å². The van der Waals surface area contributed by atoms with Gasteiger partial charge in [0.15, 0.2) is 5.76 Å². The minimum atomic E-state index is -3.73. The number of aryl methyl sites for hydroxylation is 1. The number of aliphatic carboxylic acids is 1. The van der Waals surface area contributed by atoms with E-state index in [2.05, 4.69) is 0 Å². The second kappa shape index (κ2) is 6.91. The lowest BCUT2D eigenvalue weighted by Crippen LogP contribution is -2.49. The summed E-state index contributed by atoms with van der Waals surface area (Å²) in [6.45, 7) is 2.07. The molecule has 0 saturated carbocycles. The molecule has 1 unspecified atom stereocenters. The summed E-state index contributed by atoms with van der Waals surface area (Å²) >= 11 is 0. The number of carbonyl (C=O) groups excluding carboxylic acids is 1. The number of morpholine rings is 1. The molecule has 0 spiro atoms. The van der Waals surface area contributed by atoms with Crippen molar-refractivity contribution in [2.24, 2.45) is 0 Å². The highest BCUT2D eigenvalue weighted by molar-refractivity contribution is 7.89. The van der Waals surface area contributed by atoms with Crippen LogP contribution in [0.2, 0.25) is 0 Å². The van der Waals surface area contributed by atoms with E-state index in [1.807, 2.05) is 0 Å². The summed E-state index contributed by atoms with van der Waals surface area (Å²) in [4.78, 5) is 24.8. The lowest BCUT2D eigenvalue weighted by Gasteiger charge is -2.34. The Bertz CT molecular complexity index is 738. The van der Waals surface area contributed by atoms with E-state index in [0.29, 0.717) is 0 Å². The number of hydrogen-bond acceptors (Lipinski definition) is 6. The monoisotopic (exact) mass is 360 g/mol. The molecule has 9 nitrogen and oxygen atoms in total. The molecular weight excluding hydrogens is 340 g/mol. The highest BCUT2D eigenvalue weighted by Crippen LogP contribution is 2.24. The molecule has 1 fully saturated rings. The molecule has 1 aliphatic heterocycles. The van der Waals surface area contributed by atoms with E-state index < -0.39 is 27.9 Å². The molecule has 1 saturated heterocycles. The maximum Gasteiger partial charge on any atom is 0.305 e. The first-order chi connectivity index (χ1) is 11.1. The van der Waals surface area contributed by atoms with Crippen molar-refractivity contribution in [3.05, 3.63) is 17.6 Å². The third kappa shape index (κ3) is 3.60. The molecule has 0 aliphatic carbocycles. The number of sulfonamides is 1. The van der Waals surface area contributed by atoms with E-state index in [1.165, 1.54) is 32.0 Å². The Balaban J connectivity index is 2.31. The van der Waals surface area contributed by atoms with Crippen LogP contribution in [0.25, 0.3) is 0 Å². The third-order valence-corrected chi connectivity index (χ3v) is 5.66. The number of rotatable bonds is 5. The van der Waals surface area contributed by atoms with Crippen LogP contribution in [0.3, 0.4) is 0 Å². The van der Waals surface area contributed by atoms with Crippen LogP contribution in [-0.4, -0.2) is 74.5 Å². The summed E-state index contributed by atoms with van der Waals surface area (Å²) in [5.41, 5.74) is 0. The maximum atomic E-state index is 12.6. The molecule has 1 aromatic rings. The predicted octanol–water partition coefficient (Wildman–Crippen LogP) is 0.154. The number of furan rings is 1. The molecule has 0 aromatic carbocycles. The number of ether oxygens (including phenoxy) is 1. The lowest BCUT2D eigenvalue weighted by atomic mass is 10.1. The molecule has 1 amide bonds. The molecular formula is C14H20N2O7S. The molecule has 1 atom stereocenters. The van der Waals surface area contributed by atoms with Gasteiger partial charge < -0.3 is 19.2 Å². The van der Waals surface area contributed by atoms with Crippen molar-refractivity contribution in [2.75, 3.05) is 33.9 Å². The quantitative estimate of drug-likeness (QED) is 0.794. The maximum absolute atomic E-state index is 12.6. The van der Waals surface area contributed by atoms with E-state index in [0.717, 1.165) is 4.31 Å². The second-order valence-corrected chi connectivity index (χ2v) is 7.76. The Labute approximate surface area is 139 Å². The van der Waals surface area contributed by atoms with Crippen molar-refractivity contribution >= 4 is 21.9 Å². The van der Waals surface area contributed by atoms with Gasteiger partial charge in [-0.25, -0.2) is 12.7 Å². The number of carboxylic acid groups (broad SMARTS) is 1. The molecule has 24 heavy (non-hydrogen) atoms. The number of nitrogens with zero attached hydrogens (tertiary/aromatic N) is 2. The van der Waals surface area contributed by atoms with Gasteiger partial charge in [0.05, 0.1) is 25.7 Å². The van der Waals surface area contributed by atoms with Gasteiger partial charge in [0.25, 0.3) is 5.91 Å². The summed E-state index contributed by atoms with van der Waals surface area (Å²) in [7, 11) is -0.967. The standard InChI is InChI=1S/C14H20N2O7S/c1-9-12(24(20,21)15(2)3)7-11(23-9)14(19)16-4-5-22-8-10(16)6-13(17)18/h7,10H,4-6,8H2,1-3H3,(H,17,18). The highest BCUT2D eigenvalue weighted by atomic mass is 32.2. The first kappa shape index (κ1) is 18.4. The van der Waals surface area contributed by atoms with E-state index in [4.69, 9.17) is 14.3 Å². The minimum Gasteiger partial charge on any atom is -0.481 e. The average molecular weight is 360 g/mol. The fraction of sp³-hybridized carbons (Fsp3) is 0.571. The Morgan fingerprint density at radius 1 is 1.42 bits per heavy atom. The largest absolute Gasteiger partial charge is 0.481 e. The van der Waals surface area contributed by atoms with Crippen LogP contribution < -0.4 is 0 Å². The summed E-state index contributed by atoms with van der Waals surface area (Å²) in [5, 5.41) is 8.95. The molecule has 1 N–H and O–H groups in total. The molecule has 134 valence electrons. The SMILES string of the molecule is Cc1oc(C(=O)N2CCOCC2CC(=O)O)cc1S(=O)(=O)N(C)C. The van der Waals surface area contributed by atoms with Crippen molar-refractivity contribution in [2.45, 2.75) is 24.3 Å². The lowest BCUT2D eigenvalue weighted by molar-refractivity contribution is -0.139. The Kier molecular flexibility index (Phi) is 5.31. The zero-order chi connectivity index (χ0) is 18.1. The summed E-state index contributed by atoms with van der Waals surface area (Å²) < 4.78 is 36.0. The average Bonchev–Trinajstić information content (AvgIpc) is 2.89. The second-order valence-electron chi connectivity index (χ2n) is 5.64. The number of carboxylic acids is 1. The summed E-state index contributed by atoms with van der Waals surface area (Å²) in [6, 6.07) is 0.559. The molecule has 2 heterocycles. The summed E-state index contributed by atoms with van der Waals surface area (Å²) in [5.74, 6) is -1.62. The molecule has 0 radical (unpaired) electrons. The highest BCUT2D eigenvalue weighted by Gasteiger charge is 2.33. The number of hydrogen-bond donors (Lipinski definition) is 1. The Hall–Kier alpha value is -1.91. The van der Waals surface area contributed by atoms with Crippen molar-refractivity contribution in [3.63, 3.8) is 0 Å². The fourth-order valence-electron chi connectivity index (χ4n) is 2.46. The van der Waals surface area contributed by atoms with Gasteiger partial charge in [-0.15, -0.1) is 0 Å². The van der Waals surface area contributed by atoms with E-state index >= 15 is 0 Å². The van der Waals surface area contributed by atoms with E-state index in [-0.39, 0.29) is 42.6 Å². The molecule has 10 heteroatoms.